The summed E-state index contributed by atoms with van der Waals surface area (Å²) in [5.41, 5.74) is 1.11. The molecule has 1 aromatic heterocycles. The van der Waals surface area contributed by atoms with Crippen LogP contribution in [0, 0.1) is 0 Å². The van der Waals surface area contributed by atoms with Crippen LogP contribution in [-0.4, -0.2) is 16.1 Å². The second-order valence-corrected chi connectivity index (χ2v) is 2.69. The number of aromatic nitrogens is 2. The molecule has 0 spiro atoms. The molecule has 13 heavy (non-hydrogen) atoms. The first-order valence-electron chi connectivity index (χ1n) is 3.83. The smallest absolute Gasteiger partial charge is 0.267 e. The van der Waals surface area contributed by atoms with Gasteiger partial charge in [0.15, 0.2) is 0 Å². The number of hydrogen-bond donors (Lipinski definition) is 0. The largest absolute Gasteiger partial charge is 0.301 e. The summed E-state index contributed by atoms with van der Waals surface area (Å²) in [5, 5.41) is 3.93. The quantitative estimate of drug-likeness (QED) is 0.632. The number of allylic oxidation sites excluding steroid dienone is 1. The van der Waals surface area contributed by atoms with E-state index in [-0.39, 0.29) is 12.1 Å². The van der Waals surface area contributed by atoms with Crippen molar-refractivity contribution in [1.82, 2.24) is 9.78 Å². The van der Waals surface area contributed by atoms with Crippen LogP contribution in [0.5, 0.6) is 0 Å². The molecule has 0 saturated carbocycles. The van der Waals surface area contributed by atoms with Gasteiger partial charge in [-0.3, -0.25) is 4.79 Å². The first-order valence-corrected chi connectivity index (χ1v) is 3.83. The zero-order valence-electron chi connectivity index (χ0n) is 7.36. The lowest BCUT2D eigenvalue weighted by Crippen LogP contribution is -2.23. The van der Waals surface area contributed by atoms with Gasteiger partial charge in [-0.05, 0) is 18.6 Å². The Balaban J connectivity index is 3.18. The molecule has 1 heterocycles. The third kappa shape index (κ3) is 2.11. The maximum atomic E-state index is 11.1. The molecule has 4 heteroatoms. The molecule has 0 radical (unpaired) electrons. The summed E-state index contributed by atoms with van der Waals surface area (Å²) in [6.45, 7) is 5.47. The summed E-state index contributed by atoms with van der Waals surface area (Å²) in [5.74, 6) is 0. The van der Waals surface area contributed by atoms with Crippen molar-refractivity contribution in [2.24, 2.45) is 0 Å². The average Bonchev–Trinajstić information content (AvgIpc) is 2.08. The molecule has 0 amide bonds. The van der Waals surface area contributed by atoms with Gasteiger partial charge in [0.05, 0.1) is 5.69 Å². The Kier molecular flexibility index (Phi) is 2.74. The summed E-state index contributed by atoms with van der Waals surface area (Å²) >= 11 is 0. The molecule has 0 aliphatic rings. The van der Waals surface area contributed by atoms with E-state index in [0.717, 1.165) is 10.3 Å². The maximum Gasteiger partial charge on any atom is 0.267 e. The fourth-order valence-electron chi connectivity index (χ4n) is 0.878. The molecular weight excluding hydrogens is 168 g/mol. The second-order valence-electron chi connectivity index (χ2n) is 2.69. The van der Waals surface area contributed by atoms with Crippen LogP contribution in [0.3, 0.4) is 0 Å². The van der Waals surface area contributed by atoms with Crippen LogP contribution in [-0.2, 0) is 11.3 Å². The van der Waals surface area contributed by atoms with Crippen molar-refractivity contribution in [2.75, 3.05) is 0 Å². The van der Waals surface area contributed by atoms with Crippen molar-refractivity contribution in [1.29, 1.82) is 0 Å². The molecule has 0 fully saturated rings. The molecule has 0 aliphatic heterocycles. The zero-order valence-corrected chi connectivity index (χ0v) is 7.36. The summed E-state index contributed by atoms with van der Waals surface area (Å²) < 4.78 is 1.11. The van der Waals surface area contributed by atoms with E-state index in [0.29, 0.717) is 12.0 Å². The lowest BCUT2D eigenvalue weighted by molar-refractivity contribution is -0.108. The molecule has 0 bridgehead atoms. The number of aldehydes is 1. The highest BCUT2D eigenvalue weighted by Crippen LogP contribution is 2.03. The van der Waals surface area contributed by atoms with Crippen molar-refractivity contribution >= 4 is 11.9 Å². The van der Waals surface area contributed by atoms with Crippen LogP contribution < -0.4 is 5.56 Å². The Morgan fingerprint density at radius 3 is 2.92 bits per heavy atom. The highest BCUT2D eigenvalue weighted by atomic mass is 16.1. The summed E-state index contributed by atoms with van der Waals surface area (Å²) in [6.07, 6.45) is 0.636. The second kappa shape index (κ2) is 3.80. The summed E-state index contributed by atoms with van der Waals surface area (Å²) in [4.78, 5) is 21.3. The van der Waals surface area contributed by atoms with Crippen LogP contribution in [0.4, 0.5) is 0 Å². The molecule has 0 aromatic carbocycles. The van der Waals surface area contributed by atoms with Gasteiger partial charge >= 0.3 is 0 Å². The van der Waals surface area contributed by atoms with Crippen molar-refractivity contribution in [3.8, 4) is 0 Å². The normalized spacial score (nSPS) is 9.62. The standard InChI is InChI=1S/C9H10N2O2/c1-7(2)8-3-4-9(13)11(10-8)5-6-12/h3-4,6H,1,5H2,2H3. The monoisotopic (exact) mass is 178 g/mol. The van der Waals surface area contributed by atoms with Gasteiger partial charge < -0.3 is 4.79 Å². The molecule has 0 atom stereocenters. The minimum absolute atomic E-state index is 0.0139. The number of carbonyl (C=O) groups excluding carboxylic acids is 1. The third-order valence-electron chi connectivity index (χ3n) is 1.55. The maximum absolute atomic E-state index is 11.1. The van der Waals surface area contributed by atoms with Gasteiger partial charge in [0.1, 0.15) is 12.8 Å². The zero-order chi connectivity index (χ0) is 9.84. The van der Waals surface area contributed by atoms with E-state index < -0.39 is 0 Å². The SMILES string of the molecule is C=C(C)c1ccc(=O)n(CC=O)n1. The fourth-order valence-corrected chi connectivity index (χ4v) is 0.878. The molecular formula is C9H10N2O2. The molecule has 0 saturated heterocycles. The van der Waals surface area contributed by atoms with E-state index in [4.69, 9.17) is 0 Å². The number of nitrogens with zero attached hydrogens (tertiary/aromatic N) is 2. The Morgan fingerprint density at radius 2 is 2.38 bits per heavy atom. The minimum Gasteiger partial charge on any atom is -0.301 e. The van der Waals surface area contributed by atoms with E-state index in [1.165, 1.54) is 6.07 Å². The lowest BCUT2D eigenvalue weighted by Gasteiger charge is -2.02. The van der Waals surface area contributed by atoms with E-state index in [9.17, 15) is 9.59 Å². The summed E-state index contributed by atoms with van der Waals surface area (Å²) in [6, 6.07) is 2.96. The van der Waals surface area contributed by atoms with Gasteiger partial charge in [-0.2, -0.15) is 5.10 Å². The highest BCUT2D eigenvalue weighted by Gasteiger charge is 1.99. The van der Waals surface area contributed by atoms with E-state index in [2.05, 4.69) is 11.7 Å². The van der Waals surface area contributed by atoms with E-state index in [1.54, 1.807) is 13.0 Å². The predicted octanol–water partition coefficient (Wildman–Crippen LogP) is 0.475. The molecule has 1 aromatic rings. The molecule has 68 valence electrons. The topological polar surface area (TPSA) is 52.0 Å². The highest BCUT2D eigenvalue weighted by molar-refractivity contribution is 5.57. The van der Waals surface area contributed by atoms with Gasteiger partial charge in [-0.1, -0.05) is 6.58 Å². The molecule has 0 N–H and O–H groups in total. The van der Waals surface area contributed by atoms with Gasteiger partial charge in [0.25, 0.3) is 5.56 Å². The van der Waals surface area contributed by atoms with Crippen LogP contribution in [0.1, 0.15) is 12.6 Å². The molecule has 4 nitrogen and oxygen atoms in total. The van der Waals surface area contributed by atoms with Crippen molar-refractivity contribution in [3.63, 3.8) is 0 Å². The van der Waals surface area contributed by atoms with E-state index >= 15 is 0 Å². The number of carbonyl (C=O) groups is 1. The first-order chi connectivity index (χ1) is 6.15. The van der Waals surface area contributed by atoms with Gasteiger partial charge in [0.2, 0.25) is 0 Å². The van der Waals surface area contributed by atoms with Crippen molar-refractivity contribution < 1.29 is 4.79 Å². The summed E-state index contributed by atoms with van der Waals surface area (Å²) in [7, 11) is 0. The average molecular weight is 178 g/mol. The van der Waals surface area contributed by atoms with Gasteiger partial charge in [-0.15, -0.1) is 0 Å². The molecule has 1 rings (SSSR count). The Morgan fingerprint density at radius 1 is 1.69 bits per heavy atom. The molecule has 0 unspecified atom stereocenters. The van der Waals surface area contributed by atoms with Crippen molar-refractivity contribution in [2.45, 2.75) is 13.5 Å². The lowest BCUT2D eigenvalue weighted by atomic mass is 10.2. The van der Waals surface area contributed by atoms with E-state index in [1.807, 2.05) is 0 Å². The minimum atomic E-state index is -0.280. The van der Waals surface area contributed by atoms with Crippen LogP contribution in [0.15, 0.2) is 23.5 Å². The Bertz CT molecular complexity index is 393. The fraction of sp³-hybridized carbons (Fsp3) is 0.222. The van der Waals surface area contributed by atoms with Crippen molar-refractivity contribution in [3.05, 3.63) is 34.8 Å². The van der Waals surface area contributed by atoms with Gasteiger partial charge in [0, 0.05) is 6.07 Å². The number of rotatable bonds is 3. The van der Waals surface area contributed by atoms with Crippen LogP contribution in [0.2, 0.25) is 0 Å². The first kappa shape index (κ1) is 9.38. The molecule has 0 aliphatic carbocycles. The van der Waals surface area contributed by atoms with Crippen LogP contribution in [0.25, 0.3) is 5.57 Å². The van der Waals surface area contributed by atoms with Gasteiger partial charge in [-0.25, -0.2) is 4.68 Å². The third-order valence-corrected chi connectivity index (χ3v) is 1.55. The Hall–Kier alpha value is -1.71. The van der Waals surface area contributed by atoms with Crippen LogP contribution >= 0.6 is 0 Å². The Labute approximate surface area is 75.5 Å². The predicted molar refractivity (Wildman–Crippen MR) is 49.3 cm³/mol. The number of hydrogen-bond acceptors (Lipinski definition) is 3.